The summed E-state index contributed by atoms with van der Waals surface area (Å²) in [5.41, 5.74) is 6.77. The molecule has 45 heavy (non-hydrogen) atoms. The SMILES string of the molecule is CC(C)CN(CC[C@H](Cc1cc(F)cc(F)c1)NC(=O)OC1C2CCC3C(OC2)OCC31)S(=O)(=O)c1ccc2nc(N)sc2c1. The molecule has 10 nitrogen and oxygen atoms in total. The van der Waals surface area contributed by atoms with Crippen LogP contribution in [0.4, 0.5) is 18.7 Å². The molecule has 0 spiro atoms. The maximum atomic E-state index is 14.1. The number of hydrogen-bond acceptors (Lipinski definition) is 9. The Hall–Kier alpha value is -2.91. The van der Waals surface area contributed by atoms with Crippen LogP contribution in [0.2, 0.25) is 0 Å². The van der Waals surface area contributed by atoms with Gasteiger partial charge < -0.3 is 25.3 Å². The molecule has 3 aromatic rings. The van der Waals surface area contributed by atoms with E-state index in [-0.39, 0.29) is 66.9 Å². The Morgan fingerprint density at radius 3 is 2.64 bits per heavy atom. The highest BCUT2D eigenvalue weighted by molar-refractivity contribution is 7.89. The van der Waals surface area contributed by atoms with Gasteiger partial charge in [-0.2, -0.15) is 4.31 Å². The molecule has 1 aliphatic carbocycles. The first kappa shape index (κ1) is 32.0. The molecule has 1 amide bonds. The number of rotatable bonds is 11. The van der Waals surface area contributed by atoms with Crippen LogP contribution in [0.3, 0.4) is 0 Å². The summed E-state index contributed by atoms with van der Waals surface area (Å²) in [6.07, 6.45) is 0.756. The largest absolute Gasteiger partial charge is 0.445 e. The van der Waals surface area contributed by atoms with E-state index in [4.69, 9.17) is 19.9 Å². The predicted molar refractivity (Wildman–Crippen MR) is 165 cm³/mol. The number of nitrogens with two attached hydrogens (primary N) is 1. The fourth-order valence-corrected chi connectivity index (χ4v) is 9.32. The number of amides is 1. The Morgan fingerprint density at radius 2 is 1.89 bits per heavy atom. The van der Waals surface area contributed by atoms with Gasteiger partial charge in [0.05, 0.1) is 28.3 Å². The van der Waals surface area contributed by atoms with Gasteiger partial charge in [0.15, 0.2) is 11.4 Å². The molecule has 3 N–H and O–H groups in total. The number of nitrogen functional groups attached to an aromatic ring is 1. The third-order valence-corrected chi connectivity index (χ3v) is 11.6. The highest BCUT2D eigenvalue weighted by atomic mass is 32.2. The quantitative estimate of drug-likeness (QED) is 0.295. The monoisotopic (exact) mass is 664 g/mol. The van der Waals surface area contributed by atoms with E-state index in [1.807, 2.05) is 13.8 Å². The van der Waals surface area contributed by atoms with E-state index in [2.05, 4.69) is 10.3 Å². The van der Waals surface area contributed by atoms with E-state index in [0.29, 0.717) is 34.1 Å². The number of carbonyl (C=O) groups is 1. The van der Waals surface area contributed by atoms with Crippen molar-refractivity contribution < 1.29 is 36.2 Å². The van der Waals surface area contributed by atoms with Crippen molar-refractivity contribution in [1.29, 1.82) is 0 Å². The molecule has 4 bridgehead atoms. The minimum atomic E-state index is -3.95. The summed E-state index contributed by atoms with van der Waals surface area (Å²) in [6.45, 7) is 5.01. The topological polar surface area (TPSA) is 133 Å². The molecule has 7 rings (SSSR count). The third kappa shape index (κ3) is 7.09. The maximum Gasteiger partial charge on any atom is 0.407 e. The number of anilines is 1. The number of benzene rings is 2. The van der Waals surface area contributed by atoms with Crippen LogP contribution in [0.1, 0.15) is 38.7 Å². The van der Waals surface area contributed by atoms with Gasteiger partial charge in [-0.15, -0.1) is 0 Å². The van der Waals surface area contributed by atoms with E-state index in [1.165, 1.54) is 33.8 Å². The smallest absolute Gasteiger partial charge is 0.407 e. The van der Waals surface area contributed by atoms with Crippen molar-refractivity contribution in [2.45, 2.75) is 62.9 Å². The zero-order valence-corrected chi connectivity index (χ0v) is 26.8. The molecule has 244 valence electrons. The van der Waals surface area contributed by atoms with Gasteiger partial charge in [-0.25, -0.2) is 27.0 Å². The molecule has 5 unspecified atom stereocenters. The molecule has 4 fully saturated rings. The summed E-state index contributed by atoms with van der Waals surface area (Å²) in [5, 5.41) is 3.23. The second-order valence-electron chi connectivity index (χ2n) is 12.6. The molecule has 4 aliphatic rings. The number of fused-ring (bicyclic) bond motifs is 3. The summed E-state index contributed by atoms with van der Waals surface area (Å²) in [7, 11) is -3.95. The lowest BCUT2D eigenvalue weighted by molar-refractivity contribution is -0.135. The number of nitrogens with one attached hydrogen (secondary N) is 1. The number of carbonyl (C=O) groups excluding carboxylic acids is 1. The van der Waals surface area contributed by atoms with Gasteiger partial charge in [-0.1, -0.05) is 25.2 Å². The molecule has 6 atom stereocenters. The van der Waals surface area contributed by atoms with E-state index in [9.17, 15) is 22.0 Å². The summed E-state index contributed by atoms with van der Waals surface area (Å²) in [6, 6.07) is 7.22. The zero-order valence-electron chi connectivity index (χ0n) is 25.2. The fraction of sp³-hybridized carbons (Fsp3) is 0.548. The Morgan fingerprint density at radius 1 is 1.13 bits per heavy atom. The van der Waals surface area contributed by atoms with E-state index in [1.54, 1.807) is 12.1 Å². The predicted octanol–water partition coefficient (Wildman–Crippen LogP) is 4.93. The highest BCUT2D eigenvalue weighted by Crippen LogP contribution is 2.46. The summed E-state index contributed by atoms with van der Waals surface area (Å²) in [4.78, 5) is 17.7. The fourth-order valence-electron chi connectivity index (χ4n) is 6.83. The van der Waals surface area contributed by atoms with Crippen LogP contribution in [0, 0.1) is 35.3 Å². The van der Waals surface area contributed by atoms with Crippen molar-refractivity contribution in [3.63, 3.8) is 0 Å². The molecule has 4 heterocycles. The molecule has 0 radical (unpaired) electrons. The Kier molecular flexibility index (Phi) is 9.31. The number of aromatic nitrogens is 1. The van der Waals surface area contributed by atoms with Gasteiger partial charge in [-0.05, 0) is 67.5 Å². The van der Waals surface area contributed by atoms with Crippen LogP contribution in [0.5, 0.6) is 0 Å². The van der Waals surface area contributed by atoms with Gasteiger partial charge >= 0.3 is 6.09 Å². The average Bonchev–Trinajstić information content (AvgIpc) is 3.45. The Bertz CT molecular complexity index is 1630. The lowest BCUT2D eigenvalue weighted by atomic mass is 9.74. The van der Waals surface area contributed by atoms with Crippen molar-refractivity contribution >= 4 is 42.8 Å². The molecule has 2 aromatic carbocycles. The molecule has 1 saturated carbocycles. The number of hydrogen-bond donors (Lipinski definition) is 2. The zero-order chi connectivity index (χ0) is 31.9. The van der Waals surface area contributed by atoms with E-state index < -0.39 is 33.8 Å². The molecular weight excluding hydrogens is 626 g/mol. The second kappa shape index (κ2) is 13.1. The summed E-state index contributed by atoms with van der Waals surface area (Å²) < 4.78 is 75.7. The van der Waals surface area contributed by atoms with Gasteiger partial charge in [-0.3, -0.25) is 0 Å². The van der Waals surface area contributed by atoms with Gasteiger partial charge in [0, 0.05) is 43.0 Å². The number of alkyl carbamates (subject to hydrolysis) is 1. The van der Waals surface area contributed by atoms with Crippen molar-refractivity contribution in [2.24, 2.45) is 23.7 Å². The molecule has 3 aliphatic heterocycles. The van der Waals surface area contributed by atoms with Crippen molar-refractivity contribution in [1.82, 2.24) is 14.6 Å². The van der Waals surface area contributed by atoms with Crippen molar-refractivity contribution in [2.75, 3.05) is 32.0 Å². The first-order valence-corrected chi connectivity index (χ1v) is 17.5. The van der Waals surface area contributed by atoms with Crippen molar-refractivity contribution in [3.8, 4) is 0 Å². The third-order valence-electron chi connectivity index (χ3n) is 8.86. The van der Waals surface area contributed by atoms with Gasteiger partial charge in [0.2, 0.25) is 10.0 Å². The van der Waals surface area contributed by atoms with E-state index >= 15 is 0 Å². The van der Waals surface area contributed by atoms with E-state index in [0.717, 1.165) is 18.9 Å². The minimum absolute atomic E-state index is 0.00146. The average molecular weight is 665 g/mol. The molecular formula is C31H38F2N4O6S2. The standard InChI is InChI=1S/C31H38F2N4O6S2/c1-17(2)14-37(45(39,40)23-4-6-26-27(13-23)44-30(34)36-26)8-7-22(11-18-9-20(32)12-21(33)10-18)35-31(38)43-28-19-3-5-24-25(28)16-42-29(24)41-15-19/h4,6,9-10,12-13,17,19,22,24-25,28-29H,3,5,7-8,11,14-16H2,1-2H3,(H2,34,36)(H,35,38)/t19?,22-,24?,25?,28?,29?/m1/s1. The maximum absolute atomic E-state index is 14.1. The Balaban J connectivity index is 1.21. The van der Waals surface area contributed by atoms with Crippen LogP contribution in [-0.4, -0.2) is 68.5 Å². The van der Waals surface area contributed by atoms with Crippen molar-refractivity contribution in [3.05, 3.63) is 53.6 Å². The number of nitrogens with zero attached hydrogens (tertiary/aromatic N) is 2. The number of sulfonamides is 1. The number of thiazole rings is 1. The summed E-state index contributed by atoms with van der Waals surface area (Å²) in [5.74, 6) is -1.21. The van der Waals surface area contributed by atoms with Crippen LogP contribution in [0.15, 0.2) is 41.3 Å². The van der Waals surface area contributed by atoms with Crippen LogP contribution in [-0.2, 0) is 30.7 Å². The highest BCUT2D eigenvalue weighted by Gasteiger charge is 2.52. The van der Waals surface area contributed by atoms with Crippen LogP contribution < -0.4 is 11.1 Å². The van der Waals surface area contributed by atoms with Gasteiger partial charge in [0.25, 0.3) is 0 Å². The van der Waals surface area contributed by atoms with Crippen LogP contribution in [0.25, 0.3) is 10.2 Å². The molecule has 14 heteroatoms. The Labute approximate surface area is 265 Å². The van der Waals surface area contributed by atoms with Crippen LogP contribution >= 0.6 is 11.3 Å². The molecule has 3 saturated heterocycles. The minimum Gasteiger partial charge on any atom is -0.445 e. The summed E-state index contributed by atoms with van der Waals surface area (Å²) >= 11 is 1.21. The first-order chi connectivity index (χ1) is 21.5. The molecule has 1 aromatic heterocycles. The van der Waals surface area contributed by atoms with Gasteiger partial charge in [0.1, 0.15) is 17.7 Å². The number of halogens is 2. The number of ether oxygens (including phenoxy) is 3. The first-order valence-electron chi connectivity index (χ1n) is 15.3. The lowest BCUT2D eigenvalue weighted by Crippen LogP contribution is -2.46. The normalized spacial score (nSPS) is 25.2. The second-order valence-corrected chi connectivity index (χ2v) is 15.6. The lowest BCUT2D eigenvalue weighted by Gasteiger charge is -2.36.